The van der Waals surface area contributed by atoms with Gasteiger partial charge < -0.3 is 9.47 Å². The molecule has 0 bridgehead atoms. The van der Waals surface area contributed by atoms with Crippen LogP contribution in [0.15, 0.2) is 125 Å². The molecule has 0 saturated heterocycles. The maximum atomic E-state index is 14.5. The summed E-state index contributed by atoms with van der Waals surface area (Å²) in [5.74, 6) is 0.994. The summed E-state index contributed by atoms with van der Waals surface area (Å²) < 4.78 is 28.7. The lowest BCUT2D eigenvalue weighted by atomic mass is 9.83. The molecule has 0 radical (unpaired) electrons. The number of methoxy groups -OCH3 is 1. The predicted molar refractivity (Wildman–Crippen MR) is 180 cm³/mol. The molecular formula is C39H29FN2O3S. The van der Waals surface area contributed by atoms with E-state index in [1.807, 2.05) is 71.3 Å². The highest BCUT2D eigenvalue weighted by molar-refractivity contribution is 7.07. The zero-order valence-corrected chi connectivity index (χ0v) is 25.9. The van der Waals surface area contributed by atoms with Gasteiger partial charge in [-0.25, -0.2) is 9.38 Å². The van der Waals surface area contributed by atoms with Crippen molar-refractivity contribution in [2.75, 3.05) is 7.11 Å². The normalized spacial score (nSPS) is 15.6. The zero-order valence-electron chi connectivity index (χ0n) is 25.1. The average Bonchev–Trinajstić information content (AvgIpc) is 3.41. The van der Waals surface area contributed by atoms with Gasteiger partial charge in [-0.05, 0) is 70.7 Å². The van der Waals surface area contributed by atoms with Gasteiger partial charge in [-0.1, -0.05) is 96.3 Å². The molecule has 46 heavy (non-hydrogen) atoms. The van der Waals surface area contributed by atoms with E-state index in [0.29, 0.717) is 20.6 Å². The highest BCUT2D eigenvalue weighted by Crippen LogP contribution is 2.41. The van der Waals surface area contributed by atoms with Gasteiger partial charge in [-0.3, -0.25) is 9.36 Å². The Hall–Kier alpha value is -5.27. The summed E-state index contributed by atoms with van der Waals surface area (Å²) in [6.45, 7) is 0.0646. The van der Waals surface area contributed by atoms with E-state index in [2.05, 4.69) is 24.3 Å². The number of halogens is 1. The third kappa shape index (κ3) is 4.84. The van der Waals surface area contributed by atoms with Crippen molar-refractivity contribution < 1.29 is 13.9 Å². The molecule has 0 N–H and O–H groups in total. The number of nitrogens with zero attached hydrogens (tertiary/aromatic N) is 2. The van der Waals surface area contributed by atoms with Crippen LogP contribution in [-0.4, -0.2) is 11.7 Å². The number of ether oxygens (including phenoxy) is 2. The van der Waals surface area contributed by atoms with E-state index >= 15 is 0 Å². The van der Waals surface area contributed by atoms with E-state index in [9.17, 15) is 9.18 Å². The number of aryl methyl sites for hydroxylation is 1. The van der Waals surface area contributed by atoms with Crippen LogP contribution in [-0.2, 0) is 13.0 Å². The zero-order chi connectivity index (χ0) is 31.2. The van der Waals surface area contributed by atoms with E-state index in [0.717, 1.165) is 57.3 Å². The number of hydrogen-bond acceptors (Lipinski definition) is 5. The first-order chi connectivity index (χ1) is 22.6. The SMILES string of the molecule is COc1cccc([C@@H]2C3=C(N=c4s/c(=C/c5c(OCc6ccccc6F)ccc6ccccc56)c(=O)n42)c2ccccc2CC3)c1. The number of benzene rings is 5. The Kier molecular flexibility index (Phi) is 7.11. The highest BCUT2D eigenvalue weighted by atomic mass is 32.1. The number of thiazole rings is 1. The first-order valence-electron chi connectivity index (χ1n) is 15.2. The van der Waals surface area contributed by atoms with Gasteiger partial charge in [-0.15, -0.1) is 0 Å². The molecule has 7 heteroatoms. The summed E-state index contributed by atoms with van der Waals surface area (Å²) in [5, 5.41) is 1.96. The second-order valence-electron chi connectivity index (χ2n) is 11.5. The van der Waals surface area contributed by atoms with Crippen LogP contribution in [0, 0.1) is 5.82 Å². The fraction of sp³-hybridized carbons (Fsp3) is 0.128. The second-order valence-corrected chi connectivity index (χ2v) is 12.5. The van der Waals surface area contributed by atoms with Crippen LogP contribution in [0.1, 0.15) is 40.3 Å². The van der Waals surface area contributed by atoms with Crippen molar-refractivity contribution in [2.45, 2.75) is 25.5 Å². The first kappa shape index (κ1) is 28.2. The van der Waals surface area contributed by atoms with Crippen molar-refractivity contribution in [3.63, 3.8) is 0 Å². The number of aromatic nitrogens is 1. The van der Waals surface area contributed by atoms with Crippen molar-refractivity contribution in [1.82, 2.24) is 4.57 Å². The van der Waals surface area contributed by atoms with E-state index in [1.54, 1.807) is 25.3 Å². The average molecular weight is 625 g/mol. The molecule has 5 nitrogen and oxygen atoms in total. The van der Waals surface area contributed by atoms with Crippen LogP contribution >= 0.6 is 11.3 Å². The van der Waals surface area contributed by atoms with E-state index < -0.39 is 0 Å². The van der Waals surface area contributed by atoms with E-state index in [4.69, 9.17) is 14.5 Å². The number of fused-ring (bicyclic) bond motifs is 4. The van der Waals surface area contributed by atoms with Gasteiger partial charge in [0, 0.05) is 16.7 Å². The van der Waals surface area contributed by atoms with Gasteiger partial charge in [0.1, 0.15) is 23.9 Å². The van der Waals surface area contributed by atoms with Gasteiger partial charge >= 0.3 is 0 Å². The molecule has 0 amide bonds. The molecule has 6 aromatic rings. The Labute approximate surface area is 268 Å². The quantitative estimate of drug-likeness (QED) is 0.197. The Morgan fingerprint density at radius 2 is 1.76 bits per heavy atom. The molecule has 2 heterocycles. The molecule has 0 spiro atoms. The summed E-state index contributed by atoms with van der Waals surface area (Å²) in [5.41, 5.74) is 6.55. The first-order valence-corrected chi connectivity index (χ1v) is 16.1. The van der Waals surface area contributed by atoms with Crippen molar-refractivity contribution in [3.8, 4) is 11.5 Å². The van der Waals surface area contributed by atoms with Crippen LogP contribution in [0.3, 0.4) is 0 Å². The van der Waals surface area contributed by atoms with Crippen molar-refractivity contribution >= 4 is 33.9 Å². The minimum atomic E-state index is -0.318. The van der Waals surface area contributed by atoms with Crippen LogP contribution in [0.2, 0.25) is 0 Å². The van der Waals surface area contributed by atoms with Crippen LogP contribution in [0.25, 0.3) is 22.5 Å². The molecule has 0 fully saturated rings. The van der Waals surface area contributed by atoms with Crippen LogP contribution in [0.5, 0.6) is 11.5 Å². The van der Waals surface area contributed by atoms with Crippen LogP contribution in [0.4, 0.5) is 4.39 Å². The molecule has 2 aliphatic rings. The Bertz CT molecular complexity index is 2370. The smallest absolute Gasteiger partial charge is 0.271 e. The molecular weight excluding hydrogens is 596 g/mol. The van der Waals surface area contributed by atoms with E-state index in [-0.39, 0.29) is 24.0 Å². The molecule has 1 aromatic heterocycles. The molecule has 0 unspecified atom stereocenters. The molecule has 1 aliphatic carbocycles. The lowest BCUT2D eigenvalue weighted by Gasteiger charge is -2.31. The molecule has 1 atom stereocenters. The van der Waals surface area contributed by atoms with Crippen molar-refractivity contribution in [3.05, 3.63) is 168 Å². The summed E-state index contributed by atoms with van der Waals surface area (Å²) in [7, 11) is 1.65. The van der Waals surface area contributed by atoms with Gasteiger partial charge in [0.05, 0.1) is 23.4 Å². The maximum Gasteiger partial charge on any atom is 0.271 e. The molecule has 226 valence electrons. The highest BCUT2D eigenvalue weighted by Gasteiger charge is 2.32. The van der Waals surface area contributed by atoms with Crippen molar-refractivity contribution in [2.24, 2.45) is 4.99 Å². The lowest BCUT2D eigenvalue weighted by Crippen LogP contribution is -2.38. The van der Waals surface area contributed by atoms with Gasteiger partial charge in [0.2, 0.25) is 0 Å². The monoisotopic (exact) mass is 624 g/mol. The summed E-state index contributed by atoms with van der Waals surface area (Å²) in [6, 6.07) is 34.5. The fourth-order valence-corrected chi connectivity index (χ4v) is 7.57. The number of hydrogen-bond donors (Lipinski definition) is 0. The lowest BCUT2D eigenvalue weighted by molar-refractivity contribution is 0.299. The predicted octanol–water partition coefficient (Wildman–Crippen LogP) is 7.20. The molecule has 1 aliphatic heterocycles. The largest absolute Gasteiger partial charge is 0.497 e. The molecule has 0 saturated carbocycles. The third-order valence-corrected chi connectivity index (χ3v) is 9.81. The minimum absolute atomic E-state index is 0.0646. The Morgan fingerprint density at radius 1 is 0.935 bits per heavy atom. The molecule has 5 aromatic carbocycles. The van der Waals surface area contributed by atoms with Gasteiger partial charge in [0.15, 0.2) is 4.80 Å². The Morgan fingerprint density at radius 3 is 2.65 bits per heavy atom. The topological polar surface area (TPSA) is 52.8 Å². The second kappa shape index (κ2) is 11.6. The number of allylic oxidation sites excluding steroid dienone is 1. The third-order valence-electron chi connectivity index (χ3n) is 8.83. The standard InChI is InChI=1S/C39H29FN2O3S/c1-44-28-13-8-12-26(21-28)37-31-19-17-25-10-3-6-15-30(25)36(31)41-39-42(37)38(43)35(46-39)22-32-29-14-5-2-9-24(29)18-20-34(32)45-23-27-11-4-7-16-33(27)40/h2-16,18,20-22,37H,17,19,23H2,1H3/b35-22+/t37-/m1/s1. The summed E-state index contributed by atoms with van der Waals surface area (Å²) in [6.07, 6.45) is 3.59. The van der Waals surface area contributed by atoms with Crippen LogP contribution < -0.4 is 24.4 Å². The minimum Gasteiger partial charge on any atom is -0.497 e. The number of rotatable bonds is 6. The summed E-state index contributed by atoms with van der Waals surface area (Å²) in [4.78, 5) is 20.3. The van der Waals surface area contributed by atoms with E-state index in [1.165, 1.54) is 23.0 Å². The summed E-state index contributed by atoms with van der Waals surface area (Å²) >= 11 is 1.38. The van der Waals surface area contributed by atoms with Gasteiger partial charge in [0.25, 0.3) is 5.56 Å². The Balaban J connectivity index is 1.33. The van der Waals surface area contributed by atoms with Gasteiger partial charge in [-0.2, -0.15) is 0 Å². The fourth-order valence-electron chi connectivity index (χ4n) is 6.59. The maximum absolute atomic E-state index is 14.5. The molecule has 8 rings (SSSR count). The van der Waals surface area contributed by atoms with Crippen molar-refractivity contribution in [1.29, 1.82) is 0 Å².